The monoisotopic (exact) mass is 350 g/mol. The number of unbranched alkanes of at least 4 members (excludes halogenated alkanes) is 1. The molecule has 0 aliphatic rings. The van der Waals surface area contributed by atoms with Crippen molar-refractivity contribution >= 4 is 23.0 Å². The fourth-order valence-corrected chi connectivity index (χ4v) is 3.40. The zero-order valence-corrected chi connectivity index (χ0v) is 16.9. The molecular weight excluding hydrogens is 316 g/mol. The van der Waals surface area contributed by atoms with Crippen molar-refractivity contribution in [1.29, 1.82) is 0 Å². The van der Waals surface area contributed by atoms with E-state index in [0.717, 1.165) is 32.2 Å². The van der Waals surface area contributed by atoms with Crippen molar-refractivity contribution in [2.45, 2.75) is 72.1 Å². The molecule has 0 amide bonds. The van der Waals surface area contributed by atoms with E-state index in [4.69, 9.17) is 22.3 Å². The number of hydrogen-bond donors (Lipinski definition) is 1. The third-order valence-corrected chi connectivity index (χ3v) is 4.90. The van der Waals surface area contributed by atoms with Gasteiger partial charge in [0.2, 0.25) is 0 Å². The van der Waals surface area contributed by atoms with Crippen LogP contribution in [0.4, 0.5) is 5.69 Å². The van der Waals surface area contributed by atoms with Gasteiger partial charge in [0.25, 0.3) is 0 Å². The Bertz CT molecular complexity index is 494. The maximum Gasteiger partial charge on any atom is 0.0698 e. The van der Waals surface area contributed by atoms with Crippen molar-refractivity contribution < 1.29 is 0 Å². The van der Waals surface area contributed by atoms with Gasteiger partial charge in [0, 0.05) is 11.6 Å². The Kier molecular flexibility index (Phi) is 9.61. The number of benzene rings is 1. The highest BCUT2D eigenvalue weighted by atomic mass is 35.5. The topological polar surface area (TPSA) is 38.4 Å². The molecule has 0 saturated heterocycles. The zero-order valence-electron chi connectivity index (χ0n) is 16.1. The number of nitrogens with two attached hydrogens (primary N) is 1. The van der Waals surface area contributed by atoms with E-state index in [2.05, 4.69) is 52.8 Å². The molecule has 0 heterocycles. The van der Waals surface area contributed by atoms with E-state index in [0.29, 0.717) is 23.6 Å². The Morgan fingerprint density at radius 1 is 1.04 bits per heavy atom. The van der Waals surface area contributed by atoms with Gasteiger partial charge in [-0.25, -0.2) is 0 Å². The van der Waals surface area contributed by atoms with Gasteiger partial charge in [0.1, 0.15) is 0 Å². The van der Waals surface area contributed by atoms with Crippen LogP contribution in [-0.2, 0) is 0 Å². The summed E-state index contributed by atoms with van der Waals surface area (Å²) in [5, 5.41) is 0. The summed E-state index contributed by atoms with van der Waals surface area (Å²) in [6.07, 6.45) is 4.34. The molecule has 1 atom stereocenters. The highest BCUT2D eigenvalue weighted by Gasteiger charge is 2.16. The fourth-order valence-electron chi connectivity index (χ4n) is 3.14. The summed E-state index contributed by atoms with van der Waals surface area (Å²) in [4.78, 5) is 5.13. The number of rotatable bonds is 10. The van der Waals surface area contributed by atoms with Crippen molar-refractivity contribution in [3.05, 3.63) is 29.3 Å². The molecule has 0 spiro atoms. The SMILES string of the molecule is C/C(=N\c1c(C(C)C)cccc1C(C)C)C(CCCl)CCCCN. The van der Waals surface area contributed by atoms with Crippen molar-refractivity contribution in [2.75, 3.05) is 12.4 Å². The number of para-hydroxylation sites is 1. The van der Waals surface area contributed by atoms with E-state index in [1.165, 1.54) is 22.5 Å². The molecule has 0 bridgehead atoms. The van der Waals surface area contributed by atoms with Crippen LogP contribution in [0, 0.1) is 5.92 Å². The second kappa shape index (κ2) is 10.9. The number of nitrogens with zero attached hydrogens (tertiary/aromatic N) is 1. The molecule has 0 aliphatic carbocycles. The van der Waals surface area contributed by atoms with Gasteiger partial charge < -0.3 is 5.73 Å². The van der Waals surface area contributed by atoms with Crippen LogP contribution in [0.2, 0.25) is 0 Å². The van der Waals surface area contributed by atoms with Gasteiger partial charge in [-0.1, -0.05) is 52.3 Å². The van der Waals surface area contributed by atoms with Gasteiger partial charge >= 0.3 is 0 Å². The van der Waals surface area contributed by atoms with Crippen LogP contribution >= 0.6 is 11.6 Å². The first kappa shape index (κ1) is 21.2. The second-order valence-corrected chi connectivity index (χ2v) is 7.68. The van der Waals surface area contributed by atoms with E-state index in [1.807, 2.05) is 0 Å². The first-order valence-electron chi connectivity index (χ1n) is 9.36. The summed E-state index contributed by atoms with van der Waals surface area (Å²) >= 11 is 6.04. The predicted octanol–water partition coefficient (Wildman–Crippen LogP) is 6.40. The molecule has 0 aliphatic heterocycles. The fraction of sp³-hybridized carbons (Fsp3) is 0.667. The molecule has 0 aromatic heterocycles. The van der Waals surface area contributed by atoms with Gasteiger partial charge in [-0.15, -0.1) is 11.6 Å². The molecule has 0 saturated carbocycles. The Morgan fingerprint density at radius 2 is 1.62 bits per heavy atom. The van der Waals surface area contributed by atoms with Gasteiger partial charge in [0.05, 0.1) is 5.69 Å². The van der Waals surface area contributed by atoms with Crippen LogP contribution in [0.15, 0.2) is 23.2 Å². The lowest BCUT2D eigenvalue weighted by molar-refractivity contribution is 0.559. The predicted molar refractivity (Wildman–Crippen MR) is 109 cm³/mol. The Hall–Kier alpha value is -0.860. The molecule has 2 N–H and O–H groups in total. The third kappa shape index (κ3) is 6.22. The van der Waals surface area contributed by atoms with Crippen LogP contribution < -0.4 is 5.73 Å². The molecular formula is C21H35ClN2. The average Bonchev–Trinajstić information content (AvgIpc) is 2.53. The smallest absolute Gasteiger partial charge is 0.0698 e. The van der Waals surface area contributed by atoms with Gasteiger partial charge in [-0.3, -0.25) is 4.99 Å². The van der Waals surface area contributed by atoms with E-state index in [1.54, 1.807) is 0 Å². The average molecular weight is 351 g/mol. The molecule has 136 valence electrons. The molecule has 3 heteroatoms. The van der Waals surface area contributed by atoms with Gasteiger partial charge in [0.15, 0.2) is 0 Å². The Morgan fingerprint density at radius 3 is 2.08 bits per heavy atom. The van der Waals surface area contributed by atoms with Crippen LogP contribution in [-0.4, -0.2) is 18.1 Å². The summed E-state index contributed by atoms with van der Waals surface area (Å²) in [5.74, 6) is 2.08. The molecule has 0 radical (unpaired) electrons. The second-order valence-electron chi connectivity index (χ2n) is 7.31. The van der Waals surface area contributed by atoms with Crippen LogP contribution in [0.25, 0.3) is 0 Å². The number of halogens is 1. The van der Waals surface area contributed by atoms with E-state index < -0.39 is 0 Å². The number of alkyl halides is 1. The molecule has 1 aromatic rings. The summed E-state index contributed by atoms with van der Waals surface area (Å²) < 4.78 is 0. The van der Waals surface area contributed by atoms with Gasteiger partial charge in [-0.05, 0) is 61.6 Å². The quantitative estimate of drug-likeness (QED) is 0.296. The third-order valence-electron chi connectivity index (χ3n) is 4.69. The summed E-state index contributed by atoms with van der Waals surface area (Å²) in [6, 6.07) is 6.60. The van der Waals surface area contributed by atoms with Crippen LogP contribution in [0.5, 0.6) is 0 Å². The van der Waals surface area contributed by atoms with E-state index in [9.17, 15) is 0 Å². The summed E-state index contributed by atoms with van der Waals surface area (Å²) in [5.41, 5.74) is 10.7. The first-order valence-corrected chi connectivity index (χ1v) is 9.89. The normalized spacial score (nSPS) is 13.8. The molecule has 2 nitrogen and oxygen atoms in total. The highest BCUT2D eigenvalue weighted by Crippen LogP contribution is 2.35. The molecule has 1 rings (SSSR count). The maximum atomic E-state index is 6.04. The van der Waals surface area contributed by atoms with Crippen molar-refractivity contribution in [1.82, 2.24) is 0 Å². The van der Waals surface area contributed by atoms with Crippen LogP contribution in [0.1, 0.15) is 83.3 Å². The van der Waals surface area contributed by atoms with Crippen molar-refractivity contribution in [3.8, 4) is 0 Å². The standard InChI is InChI=1S/C21H35ClN2/c1-15(2)19-10-8-11-20(16(3)4)21(19)24-17(5)18(12-13-22)9-6-7-14-23/h8,10-11,15-16,18H,6-7,9,12-14,23H2,1-5H3/b24-17+. The molecule has 24 heavy (non-hydrogen) atoms. The highest BCUT2D eigenvalue weighted by molar-refractivity contribution is 6.18. The van der Waals surface area contributed by atoms with Crippen LogP contribution in [0.3, 0.4) is 0 Å². The lowest BCUT2D eigenvalue weighted by Crippen LogP contribution is -2.13. The minimum absolute atomic E-state index is 0.453. The lowest BCUT2D eigenvalue weighted by Gasteiger charge is -2.20. The Balaban J connectivity index is 3.19. The van der Waals surface area contributed by atoms with Crippen molar-refractivity contribution in [2.24, 2.45) is 16.6 Å². The first-order chi connectivity index (χ1) is 11.4. The number of aliphatic imine (C=N–C) groups is 1. The van der Waals surface area contributed by atoms with E-state index in [-0.39, 0.29) is 0 Å². The maximum absolute atomic E-state index is 6.04. The molecule has 1 aromatic carbocycles. The van der Waals surface area contributed by atoms with Crippen molar-refractivity contribution in [3.63, 3.8) is 0 Å². The number of hydrogen-bond acceptors (Lipinski definition) is 2. The largest absolute Gasteiger partial charge is 0.330 e. The zero-order chi connectivity index (χ0) is 18.1. The lowest BCUT2D eigenvalue weighted by atomic mass is 9.91. The minimum atomic E-state index is 0.453. The summed E-state index contributed by atoms with van der Waals surface area (Å²) in [7, 11) is 0. The Labute approximate surface area is 153 Å². The minimum Gasteiger partial charge on any atom is -0.330 e. The molecule has 0 fully saturated rings. The molecule has 1 unspecified atom stereocenters. The van der Waals surface area contributed by atoms with Gasteiger partial charge in [-0.2, -0.15) is 0 Å². The summed E-state index contributed by atoms with van der Waals surface area (Å²) in [6.45, 7) is 11.9. The van der Waals surface area contributed by atoms with E-state index >= 15 is 0 Å².